The molecule has 0 unspecified atom stereocenters. The molecule has 2 nitrogen and oxygen atoms in total. The Balaban J connectivity index is 1.68. The summed E-state index contributed by atoms with van der Waals surface area (Å²) in [4.78, 5) is 11.9. The van der Waals surface area contributed by atoms with Crippen molar-refractivity contribution in [2.24, 2.45) is 34.5 Å². The minimum Gasteiger partial charge on any atom is -0.393 e. The van der Waals surface area contributed by atoms with Gasteiger partial charge in [-0.3, -0.25) is 4.79 Å². The molecule has 4 aliphatic carbocycles. The molecule has 0 amide bonds. The van der Waals surface area contributed by atoms with Gasteiger partial charge in [-0.05, 0) is 79.1 Å². The molecule has 0 spiro atoms. The lowest BCUT2D eigenvalue weighted by atomic mass is 9.47. The summed E-state index contributed by atoms with van der Waals surface area (Å²) in [6.07, 6.45) is 10.7. The van der Waals surface area contributed by atoms with Crippen LogP contribution in [0.1, 0.15) is 72.1 Å². The first-order valence-electron chi connectivity index (χ1n) is 9.82. The number of fused-ring (bicyclic) bond motifs is 5. The van der Waals surface area contributed by atoms with E-state index >= 15 is 0 Å². The highest BCUT2D eigenvalue weighted by Gasteiger charge is 2.60. The summed E-state index contributed by atoms with van der Waals surface area (Å²) in [6, 6.07) is 0. The largest absolute Gasteiger partial charge is 0.393 e. The SMILES string of the molecule is CC[C@H]1[C@H](O)C[C@@H]2[C@@H]3CCC4=CC(=O)CC[C@]4(C)[C@H]3CC[C@@]21C. The quantitative estimate of drug-likeness (QED) is 0.772. The van der Waals surface area contributed by atoms with Gasteiger partial charge in [0.05, 0.1) is 6.10 Å². The van der Waals surface area contributed by atoms with Gasteiger partial charge in [0.2, 0.25) is 0 Å². The van der Waals surface area contributed by atoms with Crippen molar-refractivity contribution in [2.75, 3.05) is 0 Å². The van der Waals surface area contributed by atoms with Crippen LogP contribution in [-0.4, -0.2) is 17.0 Å². The highest BCUT2D eigenvalue weighted by molar-refractivity contribution is 5.91. The summed E-state index contributed by atoms with van der Waals surface area (Å²) < 4.78 is 0. The maximum absolute atomic E-state index is 11.9. The number of hydrogen-bond donors (Lipinski definition) is 1. The van der Waals surface area contributed by atoms with Gasteiger partial charge in [-0.25, -0.2) is 0 Å². The van der Waals surface area contributed by atoms with E-state index in [0.717, 1.165) is 43.9 Å². The Bertz CT molecular complexity index is 550. The number of carbonyl (C=O) groups is 1. The maximum Gasteiger partial charge on any atom is 0.155 e. The van der Waals surface area contributed by atoms with Gasteiger partial charge >= 0.3 is 0 Å². The van der Waals surface area contributed by atoms with E-state index in [9.17, 15) is 9.90 Å². The fraction of sp³-hybridized carbons (Fsp3) is 0.857. The second-order valence-electron chi connectivity index (χ2n) is 9.33. The molecule has 128 valence electrons. The molecule has 3 fully saturated rings. The zero-order valence-electron chi connectivity index (χ0n) is 15.0. The number of allylic oxidation sites excluding steroid dienone is 1. The molecule has 2 heteroatoms. The van der Waals surface area contributed by atoms with Gasteiger partial charge in [0, 0.05) is 6.42 Å². The van der Waals surface area contributed by atoms with E-state index in [1.165, 1.54) is 24.8 Å². The standard InChI is InChI=1S/C21H32O2/c1-4-16-19(23)12-18-15-6-5-13-11-14(22)7-9-20(13,2)17(15)8-10-21(16,18)3/h11,15-19,23H,4-10,12H2,1-3H3/t15-,16+,17+,18-,19-,20+,21-/m1/s1. The average molecular weight is 316 g/mol. The van der Waals surface area contributed by atoms with Crippen LogP contribution in [-0.2, 0) is 4.79 Å². The Morgan fingerprint density at radius 1 is 1.17 bits per heavy atom. The van der Waals surface area contributed by atoms with E-state index in [2.05, 4.69) is 20.8 Å². The van der Waals surface area contributed by atoms with Crippen LogP contribution in [0.5, 0.6) is 0 Å². The van der Waals surface area contributed by atoms with Crippen LogP contribution in [0.2, 0.25) is 0 Å². The van der Waals surface area contributed by atoms with Crippen molar-refractivity contribution in [3.8, 4) is 0 Å². The molecule has 0 aromatic rings. The molecule has 1 N–H and O–H groups in total. The van der Waals surface area contributed by atoms with Gasteiger partial charge in [0.25, 0.3) is 0 Å². The summed E-state index contributed by atoms with van der Waals surface area (Å²) in [7, 11) is 0. The molecule has 3 saturated carbocycles. The Morgan fingerprint density at radius 2 is 1.96 bits per heavy atom. The van der Waals surface area contributed by atoms with Crippen molar-refractivity contribution < 1.29 is 9.90 Å². The Hall–Kier alpha value is -0.630. The van der Waals surface area contributed by atoms with Gasteiger partial charge in [-0.2, -0.15) is 0 Å². The molecule has 4 rings (SSSR count). The smallest absolute Gasteiger partial charge is 0.155 e. The molecule has 23 heavy (non-hydrogen) atoms. The molecule has 0 aromatic carbocycles. The van der Waals surface area contributed by atoms with Crippen molar-refractivity contribution in [3.63, 3.8) is 0 Å². The zero-order chi connectivity index (χ0) is 16.4. The number of aliphatic hydroxyl groups is 1. The van der Waals surface area contributed by atoms with E-state index in [1.54, 1.807) is 0 Å². The summed E-state index contributed by atoms with van der Waals surface area (Å²) >= 11 is 0. The highest BCUT2D eigenvalue weighted by Crippen LogP contribution is 2.66. The van der Waals surface area contributed by atoms with Gasteiger partial charge in [-0.15, -0.1) is 0 Å². The number of aliphatic hydroxyl groups excluding tert-OH is 1. The van der Waals surface area contributed by atoms with Crippen molar-refractivity contribution in [2.45, 2.75) is 78.2 Å². The second-order valence-corrected chi connectivity index (χ2v) is 9.33. The first-order chi connectivity index (χ1) is 10.9. The van der Waals surface area contributed by atoms with Crippen molar-refractivity contribution in [1.82, 2.24) is 0 Å². The van der Waals surface area contributed by atoms with E-state index < -0.39 is 0 Å². The van der Waals surface area contributed by atoms with Crippen LogP contribution in [0.3, 0.4) is 0 Å². The summed E-state index contributed by atoms with van der Waals surface area (Å²) in [5.41, 5.74) is 2.05. The molecule has 0 heterocycles. The number of ketones is 1. The predicted molar refractivity (Wildman–Crippen MR) is 91.9 cm³/mol. The molecular weight excluding hydrogens is 284 g/mol. The molecule has 0 radical (unpaired) electrons. The third-order valence-electron chi connectivity index (χ3n) is 8.65. The summed E-state index contributed by atoms with van der Waals surface area (Å²) in [5.74, 6) is 3.02. The van der Waals surface area contributed by atoms with Gasteiger partial charge in [0.1, 0.15) is 0 Å². The lowest BCUT2D eigenvalue weighted by Crippen LogP contribution is -2.50. The first kappa shape index (κ1) is 15.9. The number of carbonyl (C=O) groups excluding carboxylic acids is 1. The van der Waals surface area contributed by atoms with Crippen molar-refractivity contribution in [1.29, 1.82) is 0 Å². The lowest BCUT2D eigenvalue weighted by Gasteiger charge is -2.58. The number of hydrogen-bond acceptors (Lipinski definition) is 2. The van der Waals surface area contributed by atoms with E-state index in [0.29, 0.717) is 23.0 Å². The fourth-order valence-corrected chi connectivity index (χ4v) is 7.41. The molecule has 4 aliphatic rings. The van der Waals surface area contributed by atoms with Crippen LogP contribution in [0, 0.1) is 34.5 Å². The van der Waals surface area contributed by atoms with E-state index in [4.69, 9.17) is 0 Å². The predicted octanol–water partition coefficient (Wildman–Crippen LogP) is 4.52. The second kappa shape index (κ2) is 5.18. The Kier molecular flexibility index (Phi) is 3.58. The maximum atomic E-state index is 11.9. The van der Waals surface area contributed by atoms with Crippen LogP contribution in [0.15, 0.2) is 11.6 Å². The third kappa shape index (κ3) is 2.06. The molecule has 0 bridgehead atoms. The molecule has 0 aromatic heterocycles. The molecule has 7 atom stereocenters. The van der Waals surface area contributed by atoms with Gasteiger partial charge in [0.15, 0.2) is 5.78 Å². The van der Waals surface area contributed by atoms with Crippen molar-refractivity contribution in [3.05, 3.63) is 11.6 Å². The van der Waals surface area contributed by atoms with Crippen LogP contribution in [0.4, 0.5) is 0 Å². The Morgan fingerprint density at radius 3 is 2.70 bits per heavy atom. The lowest BCUT2D eigenvalue weighted by molar-refractivity contribution is -0.117. The average Bonchev–Trinajstić information content (AvgIpc) is 2.77. The summed E-state index contributed by atoms with van der Waals surface area (Å²) in [6.45, 7) is 7.16. The van der Waals surface area contributed by atoms with Crippen molar-refractivity contribution >= 4 is 5.78 Å². The minimum absolute atomic E-state index is 0.0913. The fourth-order valence-electron chi connectivity index (χ4n) is 7.41. The van der Waals surface area contributed by atoms with Crippen LogP contribution in [0.25, 0.3) is 0 Å². The molecular formula is C21H32O2. The van der Waals surface area contributed by atoms with Crippen LogP contribution < -0.4 is 0 Å². The summed E-state index contributed by atoms with van der Waals surface area (Å²) in [5, 5.41) is 10.7. The third-order valence-corrected chi connectivity index (χ3v) is 8.65. The van der Waals surface area contributed by atoms with E-state index in [1.807, 2.05) is 6.08 Å². The number of rotatable bonds is 1. The molecule has 0 saturated heterocycles. The van der Waals surface area contributed by atoms with Gasteiger partial charge in [-0.1, -0.05) is 32.8 Å². The molecule has 0 aliphatic heterocycles. The van der Waals surface area contributed by atoms with Gasteiger partial charge < -0.3 is 5.11 Å². The first-order valence-corrected chi connectivity index (χ1v) is 9.82. The normalized spacial score (nSPS) is 52.4. The monoisotopic (exact) mass is 316 g/mol. The highest BCUT2D eigenvalue weighted by atomic mass is 16.3. The minimum atomic E-state index is -0.0913. The topological polar surface area (TPSA) is 37.3 Å². The zero-order valence-corrected chi connectivity index (χ0v) is 15.0. The van der Waals surface area contributed by atoms with E-state index in [-0.39, 0.29) is 11.5 Å². The Labute approximate surface area is 140 Å². The van der Waals surface area contributed by atoms with Crippen LogP contribution >= 0.6 is 0 Å².